The van der Waals surface area contributed by atoms with E-state index in [1.54, 1.807) is 41.0 Å². The van der Waals surface area contributed by atoms with Crippen molar-refractivity contribution in [3.8, 4) is 0 Å². The van der Waals surface area contributed by atoms with Crippen molar-refractivity contribution in [1.29, 1.82) is 0 Å². The number of hydrogen-bond acceptors (Lipinski definition) is 7. The molecule has 3 heterocycles. The van der Waals surface area contributed by atoms with E-state index in [1.165, 1.54) is 6.26 Å². The van der Waals surface area contributed by atoms with Gasteiger partial charge in [0.15, 0.2) is 9.84 Å². The van der Waals surface area contributed by atoms with Gasteiger partial charge in [-0.15, -0.1) is 0 Å². The van der Waals surface area contributed by atoms with Crippen LogP contribution < -0.4 is 5.32 Å². The van der Waals surface area contributed by atoms with E-state index in [0.717, 1.165) is 41.4 Å². The van der Waals surface area contributed by atoms with Gasteiger partial charge in [0.25, 0.3) is 0 Å². The average Bonchev–Trinajstić information content (AvgIpc) is 3.51. The molecule has 0 radical (unpaired) electrons. The van der Waals surface area contributed by atoms with Crippen molar-refractivity contribution in [3.05, 3.63) is 54.5 Å². The normalized spacial score (nSPS) is 20.0. The summed E-state index contributed by atoms with van der Waals surface area (Å²) >= 11 is 0. The van der Waals surface area contributed by atoms with Crippen molar-refractivity contribution in [2.24, 2.45) is 0 Å². The molecule has 168 valence electrons. The Balaban J connectivity index is 1.41. The van der Waals surface area contributed by atoms with Crippen LogP contribution in [0.25, 0.3) is 10.8 Å². The van der Waals surface area contributed by atoms with Crippen molar-refractivity contribution in [1.82, 2.24) is 14.3 Å². The molecular formula is C22H24N4O4S2. The number of benzene rings is 1. The molecule has 1 unspecified atom stereocenters. The highest BCUT2D eigenvalue weighted by atomic mass is 32.2. The van der Waals surface area contributed by atoms with Gasteiger partial charge in [-0.05, 0) is 55.7 Å². The monoisotopic (exact) mass is 472 g/mol. The Kier molecular flexibility index (Phi) is 5.18. The number of nitrogens with one attached hydrogen (secondary N) is 1. The highest BCUT2D eigenvalue weighted by Crippen LogP contribution is 2.37. The number of nitrogens with zero attached hydrogens (tertiary/aromatic N) is 3. The predicted molar refractivity (Wildman–Crippen MR) is 123 cm³/mol. The summed E-state index contributed by atoms with van der Waals surface area (Å²) in [6.07, 6.45) is 6.96. The second kappa shape index (κ2) is 7.79. The van der Waals surface area contributed by atoms with E-state index in [-0.39, 0.29) is 16.1 Å². The maximum absolute atomic E-state index is 12.6. The summed E-state index contributed by atoms with van der Waals surface area (Å²) in [4.78, 5) is 9.33. The lowest BCUT2D eigenvalue weighted by Gasteiger charge is -2.17. The fourth-order valence-corrected chi connectivity index (χ4v) is 6.71. The summed E-state index contributed by atoms with van der Waals surface area (Å²) in [5, 5.41) is 4.89. The van der Waals surface area contributed by atoms with Gasteiger partial charge in [0.05, 0.1) is 15.8 Å². The molecule has 1 aromatic carbocycles. The van der Waals surface area contributed by atoms with E-state index < -0.39 is 19.9 Å². The molecule has 1 atom stereocenters. The molecule has 1 N–H and O–H groups in total. The second-order valence-corrected chi connectivity index (χ2v) is 12.7. The first kappa shape index (κ1) is 21.3. The zero-order valence-corrected chi connectivity index (χ0v) is 19.2. The smallest absolute Gasteiger partial charge is 0.217 e. The van der Waals surface area contributed by atoms with Gasteiger partial charge in [0, 0.05) is 54.1 Å². The van der Waals surface area contributed by atoms with Crippen LogP contribution in [0.1, 0.15) is 30.9 Å². The van der Waals surface area contributed by atoms with Gasteiger partial charge in [0.1, 0.15) is 5.82 Å². The quantitative estimate of drug-likeness (QED) is 0.587. The van der Waals surface area contributed by atoms with Gasteiger partial charge in [-0.1, -0.05) is 0 Å². The minimum Gasteiger partial charge on any atom is -0.340 e. The Bertz CT molecular complexity index is 1390. The fraction of sp³-hybridized carbons (Fsp3) is 0.364. The third-order valence-corrected chi connectivity index (χ3v) is 9.57. The number of pyridine rings is 2. The molecule has 1 aliphatic carbocycles. The molecule has 8 nitrogen and oxygen atoms in total. The lowest BCUT2D eigenvalue weighted by Crippen LogP contribution is -2.31. The SMILES string of the molecule is CS(=O)(=O)c1ccc(Nc2cc3c(C4CCN(S(=O)(=O)C5CC5)C4)nccc3cn2)cc1. The van der Waals surface area contributed by atoms with Gasteiger partial charge in [-0.3, -0.25) is 4.98 Å². The molecule has 2 fully saturated rings. The van der Waals surface area contributed by atoms with Crippen LogP contribution in [0.2, 0.25) is 0 Å². The van der Waals surface area contributed by atoms with Gasteiger partial charge in [0.2, 0.25) is 10.0 Å². The van der Waals surface area contributed by atoms with Crippen LogP contribution in [0.15, 0.2) is 53.7 Å². The number of aromatic nitrogens is 2. The van der Waals surface area contributed by atoms with Crippen LogP contribution in [-0.4, -0.2) is 55.7 Å². The summed E-state index contributed by atoms with van der Waals surface area (Å²) in [7, 11) is -6.44. The van der Waals surface area contributed by atoms with Gasteiger partial charge >= 0.3 is 0 Å². The molecule has 32 heavy (non-hydrogen) atoms. The number of rotatable bonds is 6. The molecule has 2 aromatic heterocycles. The van der Waals surface area contributed by atoms with E-state index in [9.17, 15) is 16.8 Å². The van der Waals surface area contributed by atoms with Gasteiger partial charge in [-0.2, -0.15) is 0 Å². The fourth-order valence-electron chi connectivity index (χ4n) is 4.17. The van der Waals surface area contributed by atoms with E-state index >= 15 is 0 Å². The predicted octanol–water partition coefficient (Wildman–Crippen LogP) is 3.06. The molecule has 0 spiro atoms. The third kappa shape index (κ3) is 4.10. The van der Waals surface area contributed by atoms with E-state index in [1.807, 2.05) is 12.1 Å². The molecule has 1 saturated carbocycles. The summed E-state index contributed by atoms with van der Waals surface area (Å²) < 4.78 is 50.2. The molecule has 1 saturated heterocycles. The van der Waals surface area contributed by atoms with Crippen LogP contribution >= 0.6 is 0 Å². The maximum Gasteiger partial charge on any atom is 0.217 e. The van der Waals surface area contributed by atoms with Crippen molar-refractivity contribution < 1.29 is 16.8 Å². The van der Waals surface area contributed by atoms with Crippen molar-refractivity contribution in [2.75, 3.05) is 24.7 Å². The minimum absolute atomic E-state index is 0.0384. The Morgan fingerprint density at radius 1 is 1.00 bits per heavy atom. The summed E-state index contributed by atoms with van der Waals surface area (Å²) in [5.41, 5.74) is 1.60. The first-order valence-corrected chi connectivity index (χ1v) is 13.9. The molecule has 0 bridgehead atoms. The van der Waals surface area contributed by atoms with Crippen molar-refractivity contribution >= 4 is 42.1 Å². The molecule has 2 aliphatic rings. The molecule has 1 aliphatic heterocycles. The number of sulfonamides is 1. The number of hydrogen-bond donors (Lipinski definition) is 1. The van der Waals surface area contributed by atoms with Crippen molar-refractivity contribution in [3.63, 3.8) is 0 Å². The number of fused-ring (bicyclic) bond motifs is 1. The average molecular weight is 473 g/mol. The largest absolute Gasteiger partial charge is 0.340 e. The summed E-state index contributed by atoms with van der Waals surface area (Å²) in [6.45, 7) is 0.993. The lowest BCUT2D eigenvalue weighted by atomic mass is 9.99. The van der Waals surface area contributed by atoms with Crippen molar-refractivity contribution in [2.45, 2.75) is 35.3 Å². The Morgan fingerprint density at radius 3 is 2.44 bits per heavy atom. The summed E-state index contributed by atoms with van der Waals surface area (Å²) in [6, 6.07) is 10.3. The highest BCUT2D eigenvalue weighted by molar-refractivity contribution is 7.90. The van der Waals surface area contributed by atoms with E-state index in [2.05, 4.69) is 15.3 Å². The highest BCUT2D eigenvalue weighted by Gasteiger charge is 2.43. The molecule has 5 rings (SSSR count). The number of sulfone groups is 1. The Labute approximate surface area is 187 Å². The van der Waals surface area contributed by atoms with E-state index in [4.69, 9.17) is 0 Å². The van der Waals surface area contributed by atoms with Crippen LogP contribution in [-0.2, 0) is 19.9 Å². The summed E-state index contributed by atoms with van der Waals surface area (Å²) in [5.74, 6) is 0.649. The first-order valence-electron chi connectivity index (χ1n) is 10.5. The zero-order valence-electron chi connectivity index (χ0n) is 17.6. The van der Waals surface area contributed by atoms with Crippen LogP contribution in [0.3, 0.4) is 0 Å². The third-order valence-electron chi connectivity index (χ3n) is 6.08. The maximum atomic E-state index is 12.6. The standard InChI is InChI=1S/C22H24N4O4S2/c1-31(27,28)18-4-2-17(3-5-18)25-21-12-20-15(13-24-21)8-10-23-22(20)16-9-11-26(14-16)32(29,30)19-6-7-19/h2-5,8,10,12-13,16,19H,6-7,9,11,14H2,1H3,(H,24,25). The molecule has 0 amide bonds. The van der Waals surface area contributed by atoms with E-state index in [0.29, 0.717) is 18.9 Å². The molecule has 10 heteroatoms. The van der Waals surface area contributed by atoms with Crippen LogP contribution in [0, 0.1) is 0 Å². The lowest BCUT2D eigenvalue weighted by molar-refractivity contribution is 0.471. The topological polar surface area (TPSA) is 109 Å². The van der Waals surface area contributed by atoms with Crippen LogP contribution in [0.4, 0.5) is 11.5 Å². The number of anilines is 2. The second-order valence-electron chi connectivity index (χ2n) is 8.50. The molecular weight excluding hydrogens is 448 g/mol. The Morgan fingerprint density at radius 2 is 1.75 bits per heavy atom. The first-order chi connectivity index (χ1) is 15.2. The minimum atomic E-state index is -3.25. The Hall–Kier alpha value is -2.56. The zero-order chi connectivity index (χ0) is 22.5. The van der Waals surface area contributed by atoms with Crippen LogP contribution in [0.5, 0.6) is 0 Å². The molecule has 3 aromatic rings. The van der Waals surface area contributed by atoms with Gasteiger partial charge in [-0.25, -0.2) is 26.1 Å². The van der Waals surface area contributed by atoms with Gasteiger partial charge < -0.3 is 5.32 Å².